The van der Waals surface area contributed by atoms with Crippen molar-refractivity contribution in [1.29, 1.82) is 0 Å². The van der Waals surface area contributed by atoms with Crippen LogP contribution in [0.5, 0.6) is 0 Å². The molecule has 3 atom stereocenters. The second-order valence-corrected chi connectivity index (χ2v) is 5.69. The van der Waals surface area contributed by atoms with E-state index in [0.717, 1.165) is 23.6 Å². The predicted octanol–water partition coefficient (Wildman–Crippen LogP) is 3.45. The number of hydrogen-bond donors (Lipinski definition) is 1. The number of thiol groups is 1. The molecule has 0 saturated heterocycles. The van der Waals surface area contributed by atoms with Crippen molar-refractivity contribution in [1.82, 2.24) is 4.90 Å². The summed E-state index contributed by atoms with van der Waals surface area (Å²) in [4.78, 5) is 2.58. The first-order valence-corrected chi connectivity index (χ1v) is 7.11. The summed E-state index contributed by atoms with van der Waals surface area (Å²) in [6.07, 6.45) is 6.93. The van der Waals surface area contributed by atoms with Gasteiger partial charge in [0.1, 0.15) is 0 Å². The molecule has 0 heterocycles. The fourth-order valence-corrected chi connectivity index (χ4v) is 3.05. The normalized spacial score (nSPS) is 29.4. The molecular formula is C13H27NS. The highest BCUT2D eigenvalue weighted by atomic mass is 32.1. The van der Waals surface area contributed by atoms with Crippen LogP contribution in [0.3, 0.4) is 0 Å². The molecule has 0 radical (unpaired) electrons. The van der Waals surface area contributed by atoms with E-state index in [9.17, 15) is 0 Å². The van der Waals surface area contributed by atoms with E-state index in [1.807, 2.05) is 0 Å². The van der Waals surface area contributed by atoms with Crippen molar-refractivity contribution in [2.75, 3.05) is 19.3 Å². The van der Waals surface area contributed by atoms with E-state index in [4.69, 9.17) is 0 Å². The molecule has 0 aliphatic heterocycles. The van der Waals surface area contributed by atoms with Gasteiger partial charge in [0.15, 0.2) is 0 Å². The molecule has 1 nitrogen and oxygen atoms in total. The highest BCUT2D eigenvalue weighted by Gasteiger charge is 2.23. The average molecular weight is 229 g/mol. The smallest absolute Gasteiger partial charge is 0.00948 e. The second-order valence-electron chi connectivity index (χ2n) is 5.32. The van der Waals surface area contributed by atoms with Gasteiger partial charge in [-0.25, -0.2) is 0 Å². The Hall–Kier alpha value is 0.310. The van der Waals surface area contributed by atoms with Gasteiger partial charge in [0.05, 0.1) is 0 Å². The first kappa shape index (κ1) is 13.4. The van der Waals surface area contributed by atoms with Gasteiger partial charge >= 0.3 is 0 Å². The quantitative estimate of drug-likeness (QED) is 0.707. The van der Waals surface area contributed by atoms with Crippen LogP contribution >= 0.6 is 12.6 Å². The Labute approximate surface area is 101 Å². The lowest BCUT2D eigenvalue weighted by Gasteiger charge is -2.35. The summed E-state index contributed by atoms with van der Waals surface area (Å²) < 4.78 is 0. The van der Waals surface area contributed by atoms with Crippen LogP contribution in [0, 0.1) is 11.8 Å². The lowest BCUT2D eigenvalue weighted by atomic mass is 9.86. The van der Waals surface area contributed by atoms with E-state index < -0.39 is 0 Å². The zero-order valence-corrected chi connectivity index (χ0v) is 11.5. The van der Waals surface area contributed by atoms with Crippen LogP contribution in [-0.4, -0.2) is 30.3 Å². The van der Waals surface area contributed by atoms with Gasteiger partial charge in [-0.1, -0.05) is 33.1 Å². The molecule has 0 bridgehead atoms. The first-order valence-electron chi connectivity index (χ1n) is 6.48. The van der Waals surface area contributed by atoms with Gasteiger partial charge in [0.2, 0.25) is 0 Å². The fraction of sp³-hybridized carbons (Fsp3) is 1.00. The van der Waals surface area contributed by atoms with E-state index in [-0.39, 0.29) is 0 Å². The number of nitrogens with zero attached hydrogens (tertiary/aromatic N) is 1. The Morgan fingerprint density at radius 3 is 2.67 bits per heavy atom. The predicted molar refractivity (Wildman–Crippen MR) is 71.7 cm³/mol. The van der Waals surface area contributed by atoms with E-state index in [2.05, 4.69) is 38.4 Å². The van der Waals surface area contributed by atoms with Gasteiger partial charge in [-0.15, -0.1) is 0 Å². The second kappa shape index (κ2) is 6.80. The van der Waals surface area contributed by atoms with E-state index >= 15 is 0 Å². The summed E-state index contributed by atoms with van der Waals surface area (Å²) >= 11 is 4.43. The van der Waals surface area contributed by atoms with Gasteiger partial charge in [-0.2, -0.15) is 12.6 Å². The molecule has 0 aromatic carbocycles. The molecule has 0 aromatic heterocycles. The molecule has 2 heteroatoms. The minimum Gasteiger partial charge on any atom is -0.303 e. The molecule has 1 fully saturated rings. The molecule has 3 unspecified atom stereocenters. The van der Waals surface area contributed by atoms with Gasteiger partial charge < -0.3 is 4.90 Å². The average Bonchev–Trinajstić information content (AvgIpc) is 2.25. The minimum atomic E-state index is 0.774. The highest BCUT2D eigenvalue weighted by Crippen LogP contribution is 2.27. The van der Waals surface area contributed by atoms with Crippen molar-refractivity contribution in [2.45, 2.75) is 52.0 Å². The molecule has 90 valence electrons. The Kier molecular flexibility index (Phi) is 6.06. The molecule has 0 spiro atoms. The Morgan fingerprint density at radius 2 is 2.13 bits per heavy atom. The van der Waals surface area contributed by atoms with Crippen LogP contribution in [0.25, 0.3) is 0 Å². The standard InChI is InChI=1S/C13H27NS/c1-4-12(10-15)9-14(3)13-7-5-6-11(2)8-13/h11-13,15H,4-10H2,1-3H3. The monoisotopic (exact) mass is 229 g/mol. The Morgan fingerprint density at radius 1 is 1.40 bits per heavy atom. The molecule has 15 heavy (non-hydrogen) atoms. The van der Waals surface area contributed by atoms with Crippen molar-refractivity contribution in [2.24, 2.45) is 11.8 Å². The Bertz CT molecular complexity index is 168. The third kappa shape index (κ3) is 4.36. The van der Waals surface area contributed by atoms with Crippen LogP contribution < -0.4 is 0 Å². The molecule has 1 aliphatic carbocycles. The summed E-state index contributed by atoms with van der Waals surface area (Å²) in [5.41, 5.74) is 0. The lowest BCUT2D eigenvalue weighted by Crippen LogP contribution is -2.38. The third-order valence-corrected chi connectivity index (χ3v) is 4.43. The highest BCUT2D eigenvalue weighted by molar-refractivity contribution is 7.80. The topological polar surface area (TPSA) is 3.24 Å². The van der Waals surface area contributed by atoms with E-state index in [1.54, 1.807) is 0 Å². The van der Waals surface area contributed by atoms with E-state index in [1.165, 1.54) is 38.6 Å². The van der Waals surface area contributed by atoms with Gasteiger partial charge in [0, 0.05) is 12.6 Å². The zero-order valence-electron chi connectivity index (χ0n) is 10.6. The van der Waals surface area contributed by atoms with Crippen LogP contribution in [0.1, 0.15) is 46.0 Å². The third-order valence-electron chi connectivity index (χ3n) is 3.91. The van der Waals surface area contributed by atoms with Crippen molar-refractivity contribution >= 4 is 12.6 Å². The zero-order chi connectivity index (χ0) is 11.3. The maximum atomic E-state index is 4.43. The number of hydrogen-bond acceptors (Lipinski definition) is 2. The summed E-state index contributed by atoms with van der Waals surface area (Å²) in [5.74, 6) is 2.74. The van der Waals surface area contributed by atoms with Gasteiger partial charge in [0.25, 0.3) is 0 Å². The van der Waals surface area contributed by atoms with Crippen LogP contribution in [0.15, 0.2) is 0 Å². The summed E-state index contributed by atoms with van der Waals surface area (Å²) in [6, 6.07) is 0.836. The molecular weight excluding hydrogens is 202 g/mol. The largest absolute Gasteiger partial charge is 0.303 e. The Balaban J connectivity index is 2.34. The summed E-state index contributed by atoms with van der Waals surface area (Å²) in [6.45, 7) is 5.91. The van der Waals surface area contributed by atoms with Crippen molar-refractivity contribution in [3.05, 3.63) is 0 Å². The molecule has 1 aliphatic rings. The van der Waals surface area contributed by atoms with Crippen molar-refractivity contribution < 1.29 is 0 Å². The summed E-state index contributed by atoms with van der Waals surface area (Å²) in [5, 5.41) is 0. The maximum Gasteiger partial charge on any atom is 0.00948 e. The minimum absolute atomic E-state index is 0.774. The molecule has 0 N–H and O–H groups in total. The molecule has 0 amide bonds. The van der Waals surface area contributed by atoms with Crippen molar-refractivity contribution in [3.8, 4) is 0 Å². The lowest BCUT2D eigenvalue weighted by molar-refractivity contribution is 0.147. The van der Waals surface area contributed by atoms with Gasteiger partial charge in [-0.3, -0.25) is 0 Å². The summed E-state index contributed by atoms with van der Waals surface area (Å²) in [7, 11) is 2.30. The molecule has 1 rings (SSSR count). The number of rotatable bonds is 5. The first-order chi connectivity index (χ1) is 7.17. The molecule has 0 aromatic rings. The van der Waals surface area contributed by atoms with Crippen LogP contribution in [0.4, 0.5) is 0 Å². The SMILES string of the molecule is CCC(CS)CN(C)C1CCCC(C)C1. The maximum absolute atomic E-state index is 4.43. The van der Waals surface area contributed by atoms with Gasteiger partial charge in [-0.05, 0) is 37.5 Å². The van der Waals surface area contributed by atoms with Crippen LogP contribution in [0.2, 0.25) is 0 Å². The fourth-order valence-electron chi connectivity index (χ4n) is 2.67. The molecule has 1 saturated carbocycles. The van der Waals surface area contributed by atoms with Crippen molar-refractivity contribution in [3.63, 3.8) is 0 Å². The van der Waals surface area contributed by atoms with E-state index in [0.29, 0.717) is 0 Å². The van der Waals surface area contributed by atoms with Crippen LogP contribution in [-0.2, 0) is 0 Å².